The van der Waals surface area contributed by atoms with Gasteiger partial charge in [0.25, 0.3) is 5.91 Å². The molecule has 9 heteroatoms. The van der Waals surface area contributed by atoms with E-state index in [1.54, 1.807) is 42.5 Å². The third kappa shape index (κ3) is 5.33. The maximum Gasteiger partial charge on any atom is 0.433 e. The number of anilines is 1. The molecule has 0 aliphatic heterocycles. The number of carbonyl (C=O) groups excluding carboxylic acids is 1. The molecule has 0 unspecified atom stereocenters. The SMILES string of the molecule is COc1ccc(Cl)cc1C(=O)N[C@H]1CC[C@@H](Nc2cc(C(F)(F)F)nc3ccccc23)CC1. The first-order valence-corrected chi connectivity index (χ1v) is 11.0. The highest BCUT2D eigenvalue weighted by molar-refractivity contribution is 6.31. The van der Waals surface area contributed by atoms with E-state index in [1.165, 1.54) is 7.11 Å². The van der Waals surface area contributed by atoms with Crippen LogP contribution in [0.3, 0.4) is 0 Å². The molecule has 0 spiro atoms. The van der Waals surface area contributed by atoms with Gasteiger partial charge in [0, 0.05) is 28.2 Å². The predicted octanol–water partition coefficient (Wildman–Crippen LogP) is 6.07. The van der Waals surface area contributed by atoms with Gasteiger partial charge in [0.1, 0.15) is 11.4 Å². The highest BCUT2D eigenvalue weighted by atomic mass is 35.5. The lowest BCUT2D eigenvalue weighted by molar-refractivity contribution is -0.140. The smallest absolute Gasteiger partial charge is 0.433 e. The van der Waals surface area contributed by atoms with Crippen molar-refractivity contribution >= 4 is 34.1 Å². The number of alkyl halides is 3. The number of fused-ring (bicyclic) bond motifs is 1. The summed E-state index contributed by atoms with van der Waals surface area (Å²) in [6, 6.07) is 12.7. The molecule has 33 heavy (non-hydrogen) atoms. The van der Waals surface area contributed by atoms with Gasteiger partial charge >= 0.3 is 6.18 Å². The Morgan fingerprint density at radius 2 is 1.76 bits per heavy atom. The second-order valence-electron chi connectivity index (χ2n) is 8.08. The molecule has 1 heterocycles. The van der Waals surface area contributed by atoms with E-state index in [9.17, 15) is 18.0 Å². The van der Waals surface area contributed by atoms with Gasteiger partial charge in [-0.3, -0.25) is 4.79 Å². The number of methoxy groups -OCH3 is 1. The Bertz CT molecular complexity index is 1160. The number of aromatic nitrogens is 1. The van der Waals surface area contributed by atoms with Crippen LogP contribution >= 0.6 is 11.6 Å². The van der Waals surface area contributed by atoms with Crippen molar-refractivity contribution in [2.75, 3.05) is 12.4 Å². The van der Waals surface area contributed by atoms with Crippen LogP contribution in [0.25, 0.3) is 10.9 Å². The van der Waals surface area contributed by atoms with Gasteiger partial charge in [-0.2, -0.15) is 13.2 Å². The summed E-state index contributed by atoms with van der Waals surface area (Å²) in [5.74, 6) is 0.179. The molecular weight excluding hydrogens is 455 g/mol. The van der Waals surface area contributed by atoms with Gasteiger partial charge in [0.2, 0.25) is 0 Å². The molecule has 1 aromatic heterocycles. The Morgan fingerprint density at radius 3 is 2.45 bits per heavy atom. The summed E-state index contributed by atoms with van der Waals surface area (Å²) in [7, 11) is 1.49. The van der Waals surface area contributed by atoms with Crippen LogP contribution < -0.4 is 15.4 Å². The number of ether oxygens (including phenoxy) is 1. The van der Waals surface area contributed by atoms with Crippen LogP contribution in [0.4, 0.5) is 18.9 Å². The van der Waals surface area contributed by atoms with Gasteiger partial charge in [-0.05, 0) is 56.0 Å². The Hall–Kier alpha value is -3.00. The summed E-state index contributed by atoms with van der Waals surface area (Å²) < 4.78 is 45.2. The van der Waals surface area contributed by atoms with E-state index < -0.39 is 11.9 Å². The van der Waals surface area contributed by atoms with Crippen molar-refractivity contribution in [1.29, 1.82) is 0 Å². The molecule has 174 valence electrons. The van der Waals surface area contributed by atoms with Crippen LogP contribution in [0.1, 0.15) is 41.7 Å². The summed E-state index contributed by atoms with van der Waals surface area (Å²) in [5, 5.41) is 7.38. The highest BCUT2D eigenvalue weighted by Crippen LogP contribution is 2.34. The number of carbonyl (C=O) groups is 1. The number of hydrogen-bond acceptors (Lipinski definition) is 4. The van der Waals surface area contributed by atoms with Crippen LogP contribution in [-0.4, -0.2) is 30.1 Å². The average Bonchev–Trinajstić information content (AvgIpc) is 2.79. The van der Waals surface area contributed by atoms with Gasteiger partial charge in [-0.15, -0.1) is 0 Å². The Labute approximate surface area is 194 Å². The topological polar surface area (TPSA) is 63.2 Å². The van der Waals surface area contributed by atoms with Crippen molar-refractivity contribution in [2.24, 2.45) is 0 Å². The van der Waals surface area contributed by atoms with E-state index in [-0.39, 0.29) is 18.0 Å². The van der Waals surface area contributed by atoms with E-state index in [1.807, 2.05) is 0 Å². The zero-order chi connectivity index (χ0) is 23.6. The monoisotopic (exact) mass is 477 g/mol. The minimum atomic E-state index is -4.52. The largest absolute Gasteiger partial charge is 0.496 e. The molecule has 5 nitrogen and oxygen atoms in total. The fourth-order valence-electron chi connectivity index (χ4n) is 4.16. The van der Waals surface area contributed by atoms with Gasteiger partial charge in [0.05, 0.1) is 18.2 Å². The van der Waals surface area contributed by atoms with Crippen LogP contribution in [0.15, 0.2) is 48.5 Å². The lowest BCUT2D eigenvalue weighted by Gasteiger charge is -2.31. The number of hydrogen-bond donors (Lipinski definition) is 2. The summed E-state index contributed by atoms with van der Waals surface area (Å²) >= 11 is 6.02. The second-order valence-corrected chi connectivity index (χ2v) is 8.52. The van der Waals surface area contributed by atoms with E-state index >= 15 is 0 Å². The molecule has 1 aliphatic carbocycles. The second kappa shape index (κ2) is 9.47. The lowest BCUT2D eigenvalue weighted by atomic mass is 9.90. The van der Waals surface area contributed by atoms with Crippen molar-refractivity contribution in [3.05, 3.63) is 64.8 Å². The molecular formula is C24H23ClF3N3O2. The van der Waals surface area contributed by atoms with Gasteiger partial charge in [-0.25, -0.2) is 4.98 Å². The van der Waals surface area contributed by atoms with Crippen LogP contribution in [-0.2, 0) is 6.18 Å². The van der Waals surface area contributed by atoms with Crippen molar-refractivity contribution in [1.82, 2.24) is 10.3 Å². The first kappa shape index (κ1) is 23.2. The third-order valence-corrected chi connectivity index (χ3v) is 6.07. The van der Waals surface area contributed by atoms with Crippen LogP contribution in [0.2, 0.25) is 5.02 Å². The molecule has 4 rings (SSSR count). The summed E-state index contributed by atoms with van der Waals surface area (Å²) in [6.07, 6.45) is -1.72. The fourth-order valence-corrected chi connectivity index (χ4v) is 4.33. The fraction of sp³-hybridized carbons (Fsp3) is 0.333. The van der Waals surface area contributed by atoms with E-state index in [0.717, 1.165) is 6.07 Å². The van der Waals surface area contributed by atoms with E-state index in [2.05, 4.69) is 15.6 Å². The average molecular weight is 478 g/mol. The Kier molecular flexibility index (Phi) is 6.65. The summed E-state index contributed by atoms with van der Waals surface area (Å²) in [4.78, 5) is 16.5. The zero-order valence-electron chi connectivity index (χ0n) is 17.9. The number of halogens is 4. The Balaban J connectivity index is 1.43. The maximum absolute atomic E-state index is 13.3. The number of pyridine rings is 1. The molecule has 3 aromatic rings. The summed E-state index contributed by atoms with van der Waals surface area (Å²) in [6.45, 7) is 0. The number of nitrogens with zero attached hydrogens (tertiary/aromatic N) is 1. The molecule has 0 atom stereocenters. The molecule has 1 aliphatic rings. The summed E-state index contributed by atoms with van der Waals surface area (Å²) in [5.41, 5.74) is 0.170. The first-order valence-electron chi connectivity index (χ1n) is 10.6. The molecule has 0 radical (unpaired) electrons. The molecule has 1 fully saturated rings. The highest BCUT2D eigenvalue weighted by Gasteiger charge is 2.34. The van der Waals surface area contributed by atoms with Crippen molar-refractivity contribution < 1.29 is 22.7 Å². The molecule has 1 saturated carbocycles. The zero-order valence-corrected chi connectivity index (χ0v) is 18.6. The molecule has 1 amide bonds. The third-order valence-electron chi connectivity index (χ3n) is 5.83. The maximum atomic E-state index is 13.3. The molecule has 0 saturated heterocycles. The molecule has 2 N–H and O–H groups in total. The lowest BCUT2D eigenvalue weighted by Crippen LogP contribution is -2.40. The molecule has 2 aromatic carbocycles. The van der Waals surface area contributed by atoms with Crippen molar-refractivity contribution in [3.63, 3.8) is 0 Å². The number of para-hydroxylation sites is 1. The number of amides is 1. The van der Waals surface area contributed by atoms with E-state index in [0.29, 0.717) is 58.6 Å². The number of benzene rings is 2. The van der Waals surface area contributed by atoms with Gasteiger partial charge in [0.15, 0.2) is 0 Å². The quantitative estimate of drug-likeness (QED) is 0.468. The van der Waals surface area contributed by atoms with Crippen molar-refractivity contribution in [2.45, 2.75) is 43.9 Å². The first-order chi connectivity index (χ1) is 15.7. The normalized spacial score (nSPS) is 18.7. The Morgan fingerprint density at radius 1 is 1.06 bits per heavy atom. The molecule has 0 bridgehead atoms. The van der Waals surface area contributed by atoms with Gasteiger partial charge < -0.3 is 15.4 Å². The van der Waals surface area contributed by atoms with Crippen LogP contribution in [0, 0.1) is 0 Å². The van der Waals surface area contributed by atoms with Crippen molar-refractivity contribution in [3.8, 4) is 5.75 Å². The predicted molar refractivity (Wildman–Crippen MR) is 122 cm³/mol. The number of nitrogens with one attached hydrogen (secondary N) is 2. The minimum absolute atomic E-state index is 0.00857. The van der Waals surface area contributed by atoms with E-state index in [4.69, 9.17) is 16.3 Å². The number of rotatable bonds is 5. The standard InChI is InChI=1S/C24H23ClF3N3O2/c1-33-21-11-6-14(25)12-18(21)23(32)30-16-9-7-15(8-10-16)29-20-13-22(24(26,27)28)31-19-5-3-2-4-17(19)20/h2-6,11-13,15-16H,7-10H2,1H3,(H,29,31)(H,30,32)/t15-,16+. The van der Waals surface area contributed by atoms with Gasteiger partial charge in [-0.1, -0.05) is 29.8 Å². The minimum Gasteiger partial charge on any atom is -0.496 e. The van der Waals surface area contributed by atoms with Crippen LogP contribution in [0.5, 0.6) is 5.75 Å².